The Balaban J connectivity index is 1.90. The molecular weight excluding hydrogens is 152 g/mol. The van der Waals surface area contributed by atoms with Gasteiger partial charge in [-0.25, -0.2) is 0 Å². The van der Waals surface area contributed by atoms with Gasteiger partial charge in [-0.15, -0.1) is 0 Å². The highest BCUT2D eigenvalue weighted by molar-refractivity contribution is 4.89. The molecule has 2 heterocycles. The third-order valence-corrected chi connectivity index (χ3v) is 2.64. The lowest BCUT2D eigenvalue weighted by molar-refractivity contribution is -0.0284. The zero-order valence-electron chi connectivity index (χ0n) is 7.89. The van der Waals surface area contributed by atoms with E-state index in [4.69, 9.17) is 4.74 Å². The first-order chi connectivity index (χ1) is 5.67. The average molecular weight is 170 g/mol. The van der Waals surface area contributed by atoms with Gasteiger partial charge in [-0.1, -0.05) is 0 Å². The smallest absolute Gasteiger partial charge is 0.124 e. The molecule has 2 rings (SSSR count). The predicted octanol–water partition coefficient (Wildman–Crippen LogP) is 0.463. The van der Waals surface area contributed by atoms with Crippen molar-refractivity contribution in [2.45, 2.75) is 44.6 Å². The van der Waals surface area contributed by atoms with E-state index in [0.29, 0.717) is 6.04 Å². The van der Waals surface area contributed by atoms with Crippen molar-refractivity contribution in [3.8, 4) is 0 Å². The topological polar surface area (TPSA) is 33.3 Å². The SMILES string of the molecule is CC1(C)CNC(C2CCCN2)O1. The molecule has 0 bridgehead atoms. The standard InChI is InChI=1S/C9H18N2O/c1-9(2)6-11-8(12-9)7-4-3-5-10-7/h7-8,10-11H,3-6H2,1-2H3. The van der Waals surface area contributed by atoms with Crippen LogP contribution in [0.3, 0.4) is 0 Å². The van der Waals surface area contributed by atoms with Crippen LogP contribution in [0.4, 0.5) is 0 Å². The van der Waals surface area contributed by atoms with Crippen molar-refractivity contribution in [3.05, 3.63) is 0 Å². The van der Waals surface area contributed by atoms with Gasteiger partial charge >= 0.3 is 0 Å². The minimum Gasteiger partial charge on any atom is -0.355 e. The Morgan fingerprint density at radius 3 is 2.67 bits per heavy atom. The molecule has 0 amide bonds. The normalized spacial score (nSPS) is 40.5. The van der Waals surface area contributed by atoms with E-state index >= 15 is 0 Å². The molecule has 2 fully saturated rings. The zero-order valence-corrected chi connectivity index (χ0v) is 7.89. The molecule has 0 aromatic heterocycles. The van der Waals surface area contributed by atoms with Crippen LogP contribution < -0.4 is 10.6 Å². The molecule has 0 saturated carbocycles. The maximum atomic E-state index is 5.86. The van der Waals surface area contributed by atoms with E-state index in [1.807, 2.05) is 0 Å². The third-order valence-electron chi connectivity index (χ3n) is 2.64. The summed E-state index contributed by atoms with van der Waals surface area (Å²) in [4.78, 5) is 0. The lowest BCUT2D eigenvalue weighted by Gasteiger charge is -2.21. The van der Waals surface area contributed by atoms with Crippen LogP contribution in [-0.2, 0) is 4.74 Å². The summed E-state index contributed by atoms with van der Waals surface area (Å²) in [6, 6.07) is 0.534. The van der Waals surface area contributed by atoms with Gasteiger partial charge in [0.1, 0.15) is 6.23 Å². The molecule has 0 aromatic carbocycles. The predicted molar refractivity (Wildman–Crippen MR) is 48.0 cm³/mol. The summed E-state index contributed by atoms with van der Waals surface area (Å²) in [5.41, 5.74) is 0.0228. The Hall–Kier alpha value is -0.120. The van der Waals surface area contributed by atoms with Gasteiger partial charge in [0, 0.05) is 12.6 Å². The van der Waals surface area contributed by atoms with Crippen LogP contribution in [0, 0.1) is 0 Å². The van der Waals surface area contributed by atoms with Crippen LogP contribution in [0.1, 0.15) is 26.7 Å². The van der Waals surface area contributed by atoms with Crippen LogP contribution in [-0.4, -0.2) is 31.0 Å². The molecule has 0 aliphatic carbocycles. The van der Waals surface area contributed by atoms with Crippen molar-refractivity contribution >= 4 is 0 Å². The Labute approximate surface area is 73.9 Å². The first-order valence-corrected chi connectivity index (χ1v) is 4.82. The molecule has 2 aliphatic rings. The Bertz CT molecular complexity index is 164. The largest absolute Gasteiger partial charge is 0.355 e. The van der Waals surface area contributed by atoms with Gasteiger partial charge in [0.2, 0.25) is 0 Å². The van der Waals surface area contributed by atoms with Crippen molar-refractivity contribution in [2.24, 2.45) is 0 Å². The van der Waals surface area contributed by atoms with Gasteiger partial charge in [0.15, 0.2) is 0 Å². The first-order valence-electron chi connectivity index (χ1n) is 4.82. The second kappa shape index (κ2) is 2.98. The highest BCUT2D eigenvalue weighted by atomic mass is 16.5. The average Bonchev–Trinajstić information content (AvgIpc) is 2.55. The number of hydrogen-bond donors (Lipinski definition) is 2. The molecule has 2 atom stereocenters. The second-order valence-corrected chi connectivity index (χ2v) is 4.38. The summed E-state index contributed by atoms with van der Waals surface area (Å²) in [5.74, 6) is 0. The fourth-order valence-corrected chi connectivity index (χ4v) is 1.97. The van der Waals surface area contributed by atoms with Crippen LogP contribution in [0.15, 0.2) is 0 Å². The van der Waals surface area contributed by atoms with Crippen molar-refractivity contribution in [2.75, 3.05) is 13.1 Å². The second-order valence-electron chi connectivity index (χ2n) is 4.38. The molecule has 0 aromatic rings. The monoisotopic (exact) mass is 170 g/mol. The number of hydrogen-bond acceptors (Lipinski definition) is 3. The summed E-state index contributed by atoms with van der Waals surface area (Å²) < 4.78 is 5.86. The van der Waals surface area contributed by atoms with E-state index in [0.717, 1.165) is 13.1 Å². The minimum absolute atomic E-state index is 0.0228. The van der Waals surface area contributed by atoms with E-state index in [1.54, 1.807) is 0 Å². The summed E-state index contributed by atoms with van der Waals surface area (Å²) in [6.45, 7) is 6.38. The van der Waals surface area contributed by atoms with Gasteiger partial charge in [-0.05, 0) is 33.2 Å². The molecule has 0 radical (unpaired) electrons. The Kier molecular flexibility index (Phi) is 2.10. The lowest BCUT2D eigenvalue weighted by atomic mass is 10.1. The molecule has 2 aliphatic heterocycles. The van der Waals surface area contributed by atoms with Gasteiger partial charge in [0.05, 0.1) is 5.60 Å². The highest BCUT2D eigenvalue weighted by Gasteiger charge is 2.36. The molecular formula is C9H18N2O. The fraction of sp³-hybridized carbons (Fsp3) is 1.00. The Morgan fingerprint density at radius 1 is 1.33 bits per heavy atom. The Morgan fingerprint density at radius 2 is 2.17 bits per heavy atom. The highest BCUT2D eigenvalue weighted by Crippen LogP contribution is 2.22. The molecule has 0 spiro atoms. The van der Waals surface area contributed by atoms with Crippen molar-refractivity contribution in [3.63, 3.8) is 0 Å². The summed E-state index contributed by atoms with van der Waals surface area (Å²) >= 11 is 0. The lowest BCUT2D eigenvalue weighted by Crippen LogP contribution is -2.42. The van der Waals surface area contributed by atoms with E-state index in [2.05, 4.69) is 24.5 Å². The first kappa shape index (κ1) is 8.48. The summed E-state index contributed by atoms with van der Waals surface area (Å²) in [7, 11) is 0. The van der Waals surface area contributed by atoms with Crippen LogP contribution in [0.5, 0.6) is 0 Å². The quantitative estimate of drug-likeness (QED) is 0.600. The van der Waals surface area contributed by atoms with Crippen LogP contribution in [0.25, 0.3) is 0 Å². The molecule has 2 unspecified atom stereocenters. The summed E-state index contributed by atoms with van der Waals surface area (Å²) in [6.07, 6.45) is 2.77. The summed E-state index contributed by atoms with van der Waals surface area (Å²) in [5, 5.41) is 6.85. The van der Waals surface area contributed by atoms with E-state index in [-0.39, 0.29) is 11.8 Å². The van der Waals surface area contributed by atoms with Crippen molar-refractivity contribution in [1.82, 2.24) is 10.6 Å². The van der Waals surface area contributed by atoms with E-state index in [9.17, 15) is 0 Å². The fourth-order valence-electron chi connectivity index (χ4n) is 1.97. The van der Waals surface area contributed by atoms with Crippen LogP contribution >= 0.6 is 0 Å². The maximum Gasteiger partial charge on any atom is 0.124 e. The number of nitrogens with one attached hydrogen (secondary N) is 2. The van der Waals surface area contributed by atoms with E-state index in [1.165, 1.54) is 12.8 Å². The molecule has 3 nitrogen and oxygen atoms in total. The minimum atomic E-state index is 0.0228. The van der Waals surface area contributed by atoms with Crippen LogP contribution in [0.2, 0.25) is 0 Å². The molecule has 70 valence electrons. The number of ether oxygens (including phenoxy) is 1. The molecule has 2 N–H and O–H groups in total. The molecule has 12 heavy (non-hydrogen) atoms. The molecule has 2 saturated heterocycles. The number of rotatable bonds is 1. The van der Waals surface area contributed by atoms with E-state index < -0.39 is 0 Å². The maximum absolute atomic E-state index is 5.86. The van der Waals surface area contributed by atoms with Crippen molar-refractivity contribution < 1.29 is 4.74 Å². The third kappa shape index (κ3) is 1.63. The van der Waals surface area contributed by atoms with Gasteiger partial charge in [0.25, 0.3) is 0 Å². The van der Waals surface area contributed by atoms with Gasteiger partial charge in [-0.3, -0.25) is 5.32 Å². The van der Waals surface area contributed by atoms with Gasteiger partial charge < -0.3 is 10.1 Å². The zero-order chi connectivity index (χ0) is 8.60. The van der Waals surface area contributed by atoms with Gasteiger partial charge in [-0.2, -0.15) is 0 Å². The van der Waals surface area contributed by atoms with Crippen molar-refractivity contribution in [1.29, 1.82) is 0 Å². The molecule has 3 heteroatoms.